The summed E-state index contributed by atoms with van der Waals surface area (Å²) in [5, 5.41) is 2.58. The number of hydrogen-bond donors (Lipinski definition) is 0. The van der Waals surface area contributed by atoms with E-state index in [-0.39, 0.29) is 0 Å². The molecule has 0 spiro atoms. The van der Waals surface area contributed by atoms with Gasteiger partial charge < -0.3 is 9.80 Å². The Morgan fingerprint density at radius 2 is 0.917 bits per heavy atom. The first-order chi connectivity index (χ1) is 17.5. The highest BCUT2D eigenvalue weighted by Crippen LogP contribution is 2.43. The van der Waals surface area contributed by atoms with Crippen molar-refractivity contribution in [2.24, 2.45) is 0 Å². The van der Waals surface area contributed by atoms with Gasteiger partial charge in [-0.05, 0) is 91.8 Å². The van der Waals surface area contributed by atoms with E-state index in [4.69, 9.17) is 24.4 Å². The van der Waals surface area contributed by atoms with E-state index < -0.39 is 0 Å². The summed E-state index contributed by atoms with van der Waals surface area (Å²) in [6, 6.07) is 13.2. The Bertz CT molecular complexity index is 845. The van der Waals surface area contributed by atoms with E-state index in [1.807, 2.05) is 0 Å². The Morgan fingerprint density at radius 3 is 1.22 bits per heavy atom. The normalized spacial score (nSPS) is 11.1. The minimum atomic E-state index is 1.00. The summed E-state index contributed by atoms with van der Waals surface area (Å²) in [5.41, 5.74) is 0. The fraction of sp³-hybridized carbons (Fsp3) is 0.571. The lowest BCUT2D eigenvalue weighted by Crippen LogP contribution is -2.29. The van der Waals surface area contributed by atoms with E-state index in [1.54, 1.807) is 43.2 Å². The number of hydrogen-bond acceptors (Lipinski definition) is 6. The highest BCUT2D eigenvalue weighted by atomic mass is 33.1. The highest BCUT2D eigenvalue weighted by molar-refractivity contribution is 8.84. The molecule has 0 fully saturated rings. The Hall–Kier alpha value is -0.120. The summed E-state index contributed by atoms with van der Waals surface area (Å²) in [7, 11) is 7.05. The van der Waals surface area contributed by atoms with Crippen LogP contribution in [0.3, 0.4) is 0 Å². The van der Waals surface area contributed by atoms with Crippen molar-refractivity contribution in [2.45, 2.75) is 88.9 Å². The summed E-state index contributed by atoms with van der Waals surface area (Å²) >= 11 is 11.7. The van der Waals surface area contributed by atoms with Crippen molar-refractivity contribution in [3.63, 3.8) is 0 Å². The lowest BCUT2D eigenvalue weighted by Gasteiger charge is -2.24. The molecule has 0 amide bonds. The quantitative estimate of drug-likeness (QED) is 0.137. The minimum Gasteiger partial charge on any atom is -0.357 e. The standard InChI is InChI=1S/C28H42N2S6/c1-5-9-19-29(20-10-6-2)27(31)35-33-25-17-18-26(24-16-14-13-15-23(24)25)34-36-28(32)30(21-11-7-3)22-12-8-4/h13-18H,5-12,19-22H2,1-4H3. The Kier molecular flexibility index (Phi) is 17.0. The number of thiocarbonyl (C=S) groups is 2. The maximum Gasteiger partial charge on any atom is 0.147 e. The van der Waals surface area contributed by atoms with E-state index in [0.717, 1.165) is 34.8 Å². The monoisotopic (exact) mass is 598 g/mol. The van der Waals surface area contributed by atoms with Gasteiger partial charge in [-0.1, -0.05) is 102 Å². The molecule has 2 rings (SSSR count). The molecule has 0 heterocycles. The molecule has 0 saturated heterocycles. The molecule has 0 aliphatic rings. The topological polar surface area (TPSA) is 6.48 Å². The second-order valence-electron chi connectivity index (χ2n) is 8.86. The Balaban J connectivity index is 2.08. The van der Waals surface area contributed by atoms with E-state index in [1.165, 1.54) is 71.9 Å². The van der Waals surface area contributed by atoms with Crippen LogP contribution in [0.1, 0.15) is 79.1 Å². The first-order valence-corrected chi connectivity index (χ1v) is 18.5. The molecule has 200 valence electrons. The molecular formula is C28H42N2S6. The fourth-order valence-electron chi connectivity index (χ4n) is 3.64. The molecule has 0 radical (unpaired) electrons. The second-order valence-corrected chi connectivity index (χ2v) is 14.5. The zero-order valence-corrected chi connectivity index (χ0v) is 27.2. The largest absolute Gasteiger partial charge is 0.357 e. The number of fused-ring (bicyclic) bond motifs is 1. The summed E-state index contributed by atoms with van der Waals surface area (Å²) in [6.45, 7) is 13.2. The zero-order chi connectivity index (χ0) is 26.2. The molecule has 0 bridgehead atoms. The van der Waals surface area contributed by atoms with Crippen LogP contribution >= 0.6 is 67.6 Å². The lowest BCUT2D eigenvalue weighted by molar-refractivity contribution is 0.411. The van der Waals surface area contributed by atoms with Crippen molar-refractivity contribution in [3.05, 3.63) is 36.4 Å². The van der Waals surface area contributed by atoms with E-state index in [9.17, 15) is 0 Å². The van der Waals surface area contributed by atoms with Crippen LogP contribution in [0.2, 0.25) is 0 Å². The lowest BCUT2D eigenvalue weighted by atomic mass is 10.1. The van der Waals surface area contributed by atoms with Crippen molar-refractivity contribution in [3.8, 4) is 0 Å². The summed E-state index contributed by atoms with van der Waals surface area (Å²) < 4.78 is 2.01. The second kappa shape index (κ2) is 19.0. The molecular weight excluding hydrogens is 557 g/mol. The molecule has 36 heavy (non-hydrogen) atoms. The van der Waals surface area contributed by atoms with Crippen molar-refractivity contribution in [1.29, 1.82) is 0 Å². The number of benzene rings is 2. The van der Waals surface area contributed by atoms with Crippen molar-refractivity contribution in [1.82, 2.24) is 9.80 Å². The van der Waals surface area contributed by atoms with E-state index in [0.29, 0.717) is 0 Å². The van der Waals surface area contributed by atoms with Gasteiger partial charge in [0.15, 0.2) is 0 Å². The average molecular weight is 599 g/mol. The first-order valence-electron chi connectivity index (χ1n) is 13.3. The molecule has 0 aliphatic heterocycles. The van der Waals surface area contributed by atoms with Gasteiger partial charge in [-0.25, -0.2) is 0 Å². The molecule has 8 heteroatoms. The van der Waals surface area contributed by atoms with Crippen LogP contribution in [0.15, 0.2) is 46.2 Å². The van der Waals surface area contributed by atoms with Gasteiger partial charge in [-0.2, -0.15) is 0 Å². The average Bonchev–Trinajstić information content (AvgIpc) is 2.90. The van der Waals surface area contributed by atoms with Crippen LogP contribution in [0.5, 0.6) is 0 Å². The Morgan fingerprint density at radius 1 is 0.583 bits per heavy atom. The van der Waals surface area contributed by atoms with Crippen LogP contribution in [-0.4, -0.2) is 44.6 Å². The van der Waals surface area contributed by atoms with Gasteiger partial charge in [0.2, 0.25) is 0 Å². The summed E-state index contributed by atoms with van der Waals surface area (Å²) in [4.78, 5) is 7.33. The zero-order valence-electron chi connectivity index (χ0n) is 22.3. The van der Waals surface area contributed by atoms with Gasteiger partial charge in [0.25, 0.3) is 0 Å². The molecule has 0 aromatic heterocycles. The van der Waals surface area contributed by atoms with Crippen LogP contribution in [0.25, 0.3) is 10.8 Å². The summed E-state index contributed by atoms with van der Waals surface area (Å²) in [5.74, 6) is 0. The van der Waals surface area contributed by atoms with Gasteiger partial charge in [-0.15, -0.1) is 0 Å². The van der Waals surface area contributed by atoms with Gasteiger partial charge in [-0.3, -0.25) is 0 Å². The van der Waals surface area contributed by atoms with Crippen LogP contribution in [0, 0.1) is 0 Å². The van der Waals surface area contributed by atoms with Crippen molar-refractivity contribution >= 4 is 87.0 Å². The van der Waals surface area contributed by atoms with Crippen LogP contribution in [-0.2, 0) is 0 Å². The maximum atomic E-state index is 5.85. The molecule has 0 N–H and O–H groups in total. The Labute approximate surface area is 246 Å². The minimum absolute atomic E-state index is 1.00. The maximum absolute atomic E-state index is 5.85. The predicted octanol–water partition coefficient (Wildman–Crippen LogP) is 10.7. The smallest absolute Gasteiger partial charge is 0.147 e. The number of unbranched alkanes of at least 4 members (excludes halogenated alkanes) is 4. The van der Waals surface area contributed by atoms with E-state index >= 15 is 0 Å². The molecule has 0 aliphatic carbocycles. The number of nitrogens with zero attached hydrogens (tertiary/aromatic N) is 2. The third-order valence-electron chi connectivity index (χ3n) is 5.89. The number of rotatable bonds is 16. The molecule has 2 aromatic rings. The van der Waals surface area contributed by atoms with Crippen molar-refractivity contribution in [2.75, 3.05) is 26.2 Å². The SMILES string of the molecule is CCCCN(CCCC)C(=S)SSc1ccc(SSC(=S)N(CCCC)CCCC)c2ccccc12. The van der Waals surface area contributed by atoms with E-state index in [2.05, 4.69) is 73.9 Å². The highest BCUT2D eigenvalue weighted by Gasteiger charge is 2.15. The van der Waals surface area contributed by atoms with Gasteiger partial charge in [0, 0.05) is 36.0 Å². The molecule has 2 aromatic carbocycles. The summed E-state index contributed by atoms with van der Waals surface area (Å²) in [6.07, 6.45) is 9.56. The third-order valence-corrected chi connectivity index (χ3v) is 12.1. The van der Waals surface area contributed by atoms with Gasteiger partial charge in [0.05, 0.1) is 0 Å². The van der Waals surface area contributed by atoms with Gasteiger partial charge in [0.1, 0.15) is 8.64 Å². The van der Waals surface area contributed by atoms with Gasteiger partial charge >= 0.3 is 0 Å². The first kappa shape index (κ1) is 32.1. The molecule has 2 nitrogen and oxygen atoms in total. The predicted molar refractivity (Wildman–Crippen MR) is 179 cm³/mol. The molecule has 0 unspecified atom stereocenters. The van der Waals surface area contributed by atoms with Crippen molar-refractivity contribution < 1.29 is 0 Å². The third kappa shape index (κ3) is 10.9. The van der Waals surface area contributed by atoms with Crippen LogP contribution < -0.4 is 0 Å². The molecule has 0 saturated carbocycles. The fourth-order valence-corrected chi connectivity index (χ4v) is 8.77. The van der Waals surface area contributed by atoms with Crippen LogP contribution in [0.4, 0.5) is 0 Å². The molecule has 0 atom stereocenters.